The first-order valence-corrected chi connectivity index (χ1v) is 11.5. The van der Waals surface area contributed by atoms with Crippen molar-refractivity contribution < 1.29 is 80.5 Å². The summed E-state index contributed by atoms with van der Waals surface area (Å²) in [5.41, 5.74) is 0. The Balaban J connectivity index is -0.000000122. The molecule has 0 bridgehead atoms. The minimum atomic E-state index is -1.28. The van der Waals surface area contributed by atoms with Gasteiger partial charge >= 0.3 is 21.7 Å². The number of carbonyl (C=O) groups excluding carboxylic acids is 8. The minimum absolute atomic E-state index is 0. The molecule has 0 atom stereocenters. The molecule has 0 unspecified atom stereocenters. The number of carbonyl (C=O) groups is 8. The Hall–Kier alpha value is -2.73. The van der Waals surface area contributed by atoms with E-state index in [4.69, 9.17) is 0 Å². The Bertz CT molecular complexity index is 597. The van der Waals surface area contributed by atoms with Gasteiger partial charge in [0.25, 0.3) is 0 Å². The van der Waals surface area contributed by atoms with Gasteiger partial charge in [-0.2, -0.15) is 0 Å². The second kappa shape index (κ2) is 31.3. The molecule has 0 aromatic heterocycles. The van der Waals surface area contributed by atoms with E-state index >= 15 is 0 Å². The van der Waals surface area contributed by atoms with Crippen LogP contribution in [0.3, 0.4) is 0 Å². The van der Waals surface area contributed by atoms with Crippen molar-refractivity contribution >= 4 is 47.0 Å². The molecule has 13 heteroatoms. The molecule has 0 N–H and O–H groups in total. The smallest absolute Gasteiger partial charge is 0.550 e. The van der Waals surface area contributed by atoms with E-state index < -0.39 is 49.6 Å². The number of hydrogen-bond donors (Lipinski definition) is 0. The van der Waals surface area contributed by atoms with E-state index in [9.17, 15) is 58.8 Å². The first-order chi connectivity index (χ1) is 16.7. The van der Waals surface area contributed by atoms with Gasteiger partial charge in [0.1, 0.15) is 23.1 Å². The summed E-state index contributed by atoms with van der Waals surface area (Å²) in [4.78, 5) is 80.7. The van der Waals surface area contributed by atoms with E-state index in [2.05, 4.69) is 0 Å². The van der Waals surface area contributed by atoms with Crippen molar-refractivity contribution in [3.63, 3.8) is 0 Å². The van der Waals surface area contributed by atoms with Crippen LogP contribution < -0.4 is 20.4 Å². The summed E-state index contributed by atoms with van der Waals surface area (Å²) < 4.78 is 0. The number of aliphatic carboxylic acids is 4. The van der Waals surface area contributed by atoms with Crippen LogP contribution in [0.1, 0.15) is 105 Å². The van der Waals surface area contributed by atoms with Crippen LogP contribution in [0.2, 0.25) is 0 Å². The van der Waals surface area contributed by atoms with Gasteiger partial charge in [-0.15, -0.1) is 0 Å². The molecule has 0 aromatic carbocycles. The Kier molecular flexibility index (Phi) is 37.5. The molecule has 0 rings (SSSR count). The normalized spacial score (nSPS) is 8.76. The summed E-state index contributed by atoms with van der Waals surface area (Å²) in [6, 6.07) is 0. The summed E-state index contributed by atoms with van der Waals surface area (Å²) in [6.45, 7) is 7.31. The van der Waals surface area contributed by atoms with Crippen LogP contribution >= 0.6 is 0 Å². The van der Waals surface area contributed by atoms with E-state index in [1.165, 1.54) is 0 Å². The van der Waals surface area contributed by atoms with E-state index in [0.717, 1.165) is 0 Å². The van der Waals surface area contributed by atoms with Gasteiger partial charge in [0.05, 0.1) is 0 Å². The van der Waals surface area contributed by atoms with E-state index in [-0.39, 0.29) is 44.9 Å². The van der Waals surface area contributed by atoms with Gasteiger partial charge in [-0.1, -0.05) is 27.7 Å². The SMILES string of the molecule is CCCC(=O)CC(=O)[O-].CCCC(=O)CC(=O)[O-].CCCC(=O)CC(=O)[O-].CCCC(=O)CC(=O)[O-].[Ti+4]. The van der Waals surface area contributed by atoms with Crippen LogP contribution in [0.4, 0.5) is 0 Å². The van der Waals surface area contributed by atoms with Gasteiger partial charge in [-0.05, 0) is 25.7 Å². The maximum Gasteiger partial charge on any atom is 4.00 e. The molecule has 0 radical (unpaired) electrons. The molecule has 0 fully saturated rings. The quantitative estimate of drug-likeness (QED) is 0.146. The monoisotopic (exact) mass is 564 g/mol. The van der Waals surface area contributed by atoms with Crippen LogP contribution in [0.5, 0.6) is 0 Å². The van der Waals surface area contributed by atoms with Crippen molar-refractivity contribution in [3.05, 3.63) is 0 Å². The fraction of sp³-hybridized carbons (Fsp3) is 0.667. The van der Waals surface area contributed by atoms with Crippen molar-refractivity contribution in [1.29, 1.82) is 0 Å². The van der Waals surface area contributed by atoms with Crippen molar-refractivity contribution in [2.75, 3.05) is 0 Å². The van der Waals surface area contributed by atoms with Gasteiger partial charge < -0.3 is 39.6 Å². The molecule has 37 heavy (non-hydrogen) atoms. The summed E-state index contributed by atoms with van der Waals surface area (Å²) in [6.07, 6.45) is 2.42. The number of rotatable bonds is 16. The molecule has 12 nitrogen and oxygen atoms in total. The molecule has 0 aromatic rings. The molecule has 0 amide bonds. The maximum atomic E-state index is 10.4. The summed E-state index contributed by atoms with van der Waals surface area (Å²) in [5, 5.41) is 39.0. The summed E-state index contributed by atoms with van der Waals surface area (Å²) >= 11 is 0. The fourth-order valence-corrected chi connectivity index (χ4v) is 2.11. The molecule has 0 heterocycles. The average molecular weight is 564 g/mol. The zero-order chi connectivity index (χ0) is 29.1. The number of carboxylic acids is 4. The van der Waals surface area contributed by atoms with Crippen molar-refractivity contribution in [3.8, 4) is 0 Å². The first kappa shape index (κ1) is 44.3. The first-order valence-electron chi connectivity index (χ1n) is 11.5. The zero-order valence-corrected chi connectivity index (χ0v) is 23.4. The standard InChI is InChI=1S/4C6H10O3.Ti/c4*1-2-3-5(7)4-6(8)9;/h4*2-4H2,1H3,(H,8,9);/q;;;;+4/p-4. The number of carboxylic acid groups (broad SMARTS) is 4. The Morgan fingerprint density at radius 1 is 0.378 bits per heavy atom. The third-order valence-corrected chi connectivity index (χ3v) is 3.48. The molecule has 0 saturated heterocycles. The molecule has 208 valence electrons. The second-order valence-electron chi connectivity index (χ2n) is 7.35. The van der Waals surface area contributed by atoms with Crippen molar-refractivity contribution in [1.82, 2.24) is 0 Å². The minimum Gasteiger partial charge on any atom is -0.550 e. The van der Waals surface area contributed by atoms with E-state index in [1.54, 1.807) is 0 Å². The molecule has 0 aliphatic rings. The Morgan fingerprint density at radius 3 is 0.595 bits per heavy atom. The molecular weight excluding hydrogens is 528 g/mol. The summed E-state index contributed by atoms with van der Waals surface area (Å²) in [5.74, 6) is -6.14. The van der Waals surface area contributed by atoms with E-state index in [0.29, 0.717) is 51.4 Å². The third kappa shape index (κ3) is 50.9. The van der Waals surface area contributed by atoms with Gasteiger partial charge in [0.15, 0.2) is 0 Å². The topological polar surface area (TPSA) is 229 Å². The fourth-order valence-electron chi connectivity index (χ4n) is 2.11. The van der Waals surface area contributed by atoms with Gasteiger partial charge in [0.2, 0.25) is 0 Å². The molecule has 0 spiro atoms. The molecular formula is C24H36O12Ti. The predicted octanol–water partition coefficient (Wildman–Crippen LogP) is -2.02. The van der Waals surface area contributed by atoms with Gasteiger partial charge in [0, 0.05) is 75.2 Å². The number of Topliss-reactive ketones (excluding diaryl/α,β-unsaturated/α-hetero) is 4. The van der Waals surface area contributed by atoms with E-state index in [1.807, 2.05) is 27.7 Å². The van der Waals surface area contributed by atoms with Crippen LogP contribution in [0.15, 0.2) is 0 Å². The average Bonchev–Trinajstić information content (AvgIpc) is 2.68. The van der Waals surface area contributed by atoms with Crippen molar-refractivity contribution in [2.24, 2.45) is 0 Å². The van der Waals surface area contributed by atoms with Crippen LogP contribution in [0, 0.1) is 0 Å². The van der Waals surface area contributed by atoms with Crippen LogP contribution in [0.25, 0.3) is 0 Å². The Labute approximate surface area is 232 Å². The third-order valence-electron chi connectivity index (χ3n) is 3.48. The second-order valence-corrected chi connectivity index (χ2v) is 7.35. The summed E-state index contributed by atoms with van der Waals surface area (Å²) in [7, 11) is 0. The van der Waals surface area contributed by atoms with Crippen LogP contribution in [-0.2, 0) is 60.1 Å². The zero-order valence-electron chi connectivity index (χ0n) is 21.9. The van der Waals surface area contributed by atoms with Crippen molar-refractivity contribution in [2.45, 2.75) is 105 Å². The number of ketones is 4. The Morgan fingerprint density at radius 2 is 0.514 bits per heavy atom. The van der Waals surface area contributed by atoms with Gasteiger partial charge in [-0.3, -0.25) is 19.2 Å². The molecule has 0 aliphatic heterocycles. The molecule has 0 aliphatic carbocycles. The largest absolute Gasteiger partial charge is 4.00 e. The maximum absolute atomic E-state index is 10.4. The van der Waals surface area contributed by atoms with Gasteiger partial charge in [-0.25, -0.2) is 0 Å². The molecule has 0 saturated carbocycles. The predicted molar refractivity (Wildman–Crippen MR) is 118 cm³/mol. The number of hydrogen-bond acceptors (Lipinski definition) is 12. The van der Waals surface area contributed by atoms with Crippen LogP contribution in [-0.4, -0.2) is 47.0 Å².